The van der Waals surface area contributed by atoms with Crippen molar-refractivity contribution < 1.29 is 14.4 Å². The van der Waals surface area contributed by atoms with E-state index in [9.17, 15) is 14.4 Å². The maximum absolute atomic E-state index is 12.6. The number of nitrogens with one attached hydrogen (secondary N) is 2. The van der Waals surface area contributed by atoms with Crippen LogP contribution in [0.4, 0.5) is 0 Å². The number of rotatable bonds is 9. The van der Waals surface area contributed by atoms with Crippen LogP contribution in [0.3, 0.4) is 0 Å². The quantitative estimate of drug-likeness (QED) is 0.545. The summed E-state index contributed by atoms with van der Waals surface area (Å²) in [5, 5.41) is 5.66. The number of nitrogens with zero attached hydrogens (tertiary/aromatic N) is 1. The van der Waals surface area contributed by atoms with Crippen molar-refractivity contribution in [1.29, 1.82) is 0 Å². The van der Waals surface area contributed by atoms with Crippen LogP contribution in [0.1, 0.15) is 37.3 Å². The van der Waals surface area contributed by atoms with Gasteiger partial charge in [0.25, 0.3) is 0 Å². The third-order valence-electron chi connectivity index (χ3n) is 5.47. The molecule has 3 amide bonds. The Morgan fingerprint density at radius 3 is 2.43 bits per heavy atom. The van der Waals surface area contributed by atoms with Crippen molar-refractivity contribution in [2.45, 2.75) is 51.7 Å². The Labute approximate surface area is 183 Å². The number of carbonyl (C=O) groups is 3. The van der Waals surface area contributed by atoms with E-state index in [-0.39, 0.29) is 23.6 Å². The molecule has 8 heteroatoms. The average molecular weight is 435 g/mol. The van der Waals surface area contributed by atoms with Gasteiger partial charge in [0.1, 0.15) is 6.04 Å². The van der Waals surface area contributed by atoms with Crippen LogP contribution in [0.5, 0.6) is 0 Å². The SMILES string of the molecule is CSCC[C@H](N)C(=O)N1CCC(C(=O)N[C@H](C)C(=O)NCc2ccc(C)cc2)CC1. The normalized spacial score (nSPS) is 16.6. The van der Waals surface area contributed by atoms with Crippen LogP contribution < -0.4 is 16.4 Å². The first kappa shape index (κ1) is 24.2. The van der Waals surface area contributed by atoms with Crippen LogP contribution in [0.2, 0.25) is 0 Å². The fraction of sp³-hybridized carbons (Fsp3) is 0.591. The topological polar surface area (TPSA) is 105 Å². The summed E-state index contributed by atoms with van der Waals surface area (Å²) in [6.45, 7) is 5.18. The number of aryl methyl sites for hydroxylation is 1. The van der Waals surface area contributed by atoms with Gasteiger partial charge in [-0.05, 0) is 50.7 Å². The molecular formula is C22H34N4O3S. The van der Waals surface area contributed by atoms with Gasteiger partial charge in [0.2, 0.25) is 17.7 Å². The second-order valence-corrected chi connectivity index (χ2v) is 8.91. The Kier molecular flexibility index (Phi) is 9.65. The second-order valence-electron chi connectivity index (χ2n) is 7.92. The smallest absolute Gasteiger partial charge is 0.242 e. The minimum absolute atomic E-state index is 0.0354. The van der Waals surface area contributed by atoms with Crippen molar-refractivity contribution in [3.63, 3.8) is 0 Å². The molecule has 0 aliphatic carbocycles. The van der Waals surface area contributed by atoms with E-state index in [4.69, 9.17) is 5.73 Å². The van der Waals surface area contributed by atoms with Crippen molar-refractivity contribution >= 4 is 29.5 Å². The number of benzene rings is 1. The second kappa shape index (κ2) is 12.0. The predicted molar refractivity (Wildman–Crippen MR) is 121 cm³/mol. The van der Waals surface area contributed by atoms with Gasteiger partial charge in [0.05, 0.1) is 6.04 Å². The Balaban J connectivity index is 1.73. The van der Waals surface area contributed by atoms with Gasteiger partial charge in [-0.1, -0.05) is 29.8 Å². The van der Waals surface area contributed by atoms with Gasteiger partial charge in [-0.25, -0.2) is 0 Å². The molecule has 4 N–H and O–H groups in total. The number of hydrogen-bond acceptors (Lipinski definition) is 5. The molecule has 2 rings (SSSR count). The monoisotopic (exact) mass is 434 g/mol. The van der Waals surface area contributed by atoms with E-state index in [1.54, 1.807) is 23.6 Å². The molecule has 0 saturated carbocycles. The summed E-state index contributed by atoms with van der Waals surface area (Å²) in [6.07, 6.45) is 3.83. The summed E-state index contributed by atoms with van der Waals surface area (Å²) in [5.74, 6) is 0.286. The summed E-state index contributed by atoms with van der Waals surface area (Å²) in [4.78, 5) is 39.0. The fourth-order valence-electron chi connectivity index (χ4n) is 3.41. The molecular weight excluding hydrogens is 400 g/mol. The Bertz CT molecular complexity index is 718. The van der Waals surface area contributed by atoms with Crippen molar-refractivity contribution in [2.75, 3.05) is 25.1 Å². The molecule has 1 heterocycles. The lowest BCUT2D eigenvalue weighted by Gasteiger charge is -2.33. The van der Waals surface area contributed by atoms with Crippen LogP contribution in [-0.4, -0.2) is 59.8 Å². The number of thioether (sulfide) groups is 1. The minimum Gasteiger partial charge on any atom is -0.350 e. The maximum Gasteiger partial charge on any atom is 0.242 e. The van der Waals surface area contributed by atoms with Crippen LogP contribution in [0, 0.1) is 12.8 Å². The van der Waals surface area contributed by atoms with Crippen LogP contribution in [0.15, 0.2) is 24.3 Å². The zero-order valence-electron chi connectivity index (χ0n) is 18.1. The van der Waals surface area contributed by atoms with Gasteiger partial charge in [-0.3, -0.25) is 14.4 Å². The van der Waals surface area contributed by atoms with Gasteiger partial charge >= 0.3 is 0 Å². The van der Waals surface area contributed by atoms with Gasteiger partial charge in [0.15, 0.2) is 0 Å². The minimum atomic E-state index is -0.609. The number of carbonyl (C=O) groups excluding carboxylic acids is 3. The molecule has 1 aliphatic rings. The molecule has 1 aromatic carbocycles. The lowest BCUT2D eigenvalue weighted by Crippen LogP contribution is -2.51. The molecule has 1 fully saturated rings. The largest absolute Gasteiger partial charge is 0.350 e. The standard InChI is InChI=1S/C22H34N4O3S/c1-15-4-6-17(7-5-15)14-24-20(27)16(2)25-21(28)18-8-11-26(12-9-18)22(29)19(23)10-13-30-3/h4-7,16,18-19H,8-14,23H2,1-3H3,(H,24,27)(H,25,28)/t16-,19+/m1/s1. The van der Waals surface area contributed by atoms with E-state index in [0.717, 1.165) is 11.3 Å². The molecule has 166 valence electrons. The molecule has 1 aliphatic heterocycles. The third-order valence-corrected chi connectivity index (χ3v) is 6.11. The van der Waals surface area contributed by atoms with E-state index in [2.05, 4.69) is 10.6 Å². The van der Waals surface area contributed by atoms with E-state index in [1.807, 2.05) is 37.4 Å². The molecule has 0 spiro atoms. The van der Waals surface area contributed by atoms with Crippen molar-refractivity contribution in [3.05, 3.63) is 35.4 Å². The van der Waals surface area contributed by atoms with Gasteiger partial charge in [-0.15, -0.1) is 0 Å². The lowest BCUT2D eigenvalue weighted by molar-refractivity contribution is -0.137. The highest BCUT2D eigenvalue weighted by atomic mass is 32.2. The lowest BCUT2D eigenvalue weighted by atomic mass is 9.95. The first-order valence-corrected chi connectivity index (χ1v) is 11.9. The summed E-state index contributed by atoms with van der Waals surface area (Å²) in [6, 6.07) is 6.86. The highest BCUT2D eigenvalue weighted by Gasteiger charge is 2.30. The molecule has 0 unspecified atom stereocenters. The first-order chi connectivity index (χ1) is 14.3. The molecule has 0 bridgehead atoms. The molecule has 0 radical (unpaired) electrons. The number of likely N-dealkylation sites (tertiary alicyclic amines) is 1. The van der Waals surface area contributed by atoms with Crippen molar-refractivity contribution in [1.82, 2.24) is 15.5 Å². The third kappa shape index (κ3) is 7.32. The summed E-state index contributed by atoms with van der Waals surface area (Å²) >= 11 is 1.67. The molecule has 2 atom stereocenters. The van der Waals surface area contributed by atoms with Gasteiger partial charge in [-0.2, -0.15) is 11.8 Å². The highest BCUT2D eigenvalue weighted by molar-refractivity contribution is 7.98. The summed E-state index contributed by atoms with van der Waals surface area (Å²) in [5.41, 5.74) is 8.16. The van der Waals surface area contributed by atoms with E-state index < -0.39 is 12.1 Å². The summed E-state index contributed by atoms with van der Waals surface area (Å²) < 4.78 is 0. The van der Waals surface area contributed by atoms with Crippen LogP contribution in [0.25, 0.3) is 0 Å². The van der Waals surface area contributed by atoms with Crippen LogP contribution >= 0.6 is 11.8 Å². The highest BCUT2D eigenvalue weighted by Crippen LogP contribution is 2.18. The maximum atomic E-state index is 12.6. The van der Waals surface area contributed by atoms with Gasteiger partial charge < -0.3 is 21.3 Å². The number of nitrogens with two attached hydrogens (primary N) is 1. The molecule has 1 aromatic rings. The van der Waals surface area contributed by atoms with Crippen molar-refractivity contribution in [3.8, 4) is 0 Å². The Morgan fingerprint density at radius 2 is 1.83 bits per heavy atom. The molecule has 7 nitrogen and oxygen atoms in total. The van der Waals surface area contributed by atoms with E-state index >= 15 is 0 Å². The molecule has 30 heavy (non-hydrogen) atoms. The molecule has 1 saturated heterocycles. The fourth-order valence-corrected chi connectivity index (χ4v) is 3.90. The average Bonchev–Trinajstić information content (AvgIpc) is 2.76. The summed E-state index contributed by atoms with van der Waals surface area (Å²) in [7, 11) is 0. The Hall–Kier alpha value is -2.06. The zero-order valence-corrected chi connectivity index (χ0v) is 19.0. The van der Waals surface area contributed by atoms with Crippen molar-refractivity contribution in [2.24, 2.45) is 11.7 Å². The number of piperidine rings is 1. The van der Waals surface area contributed by atoms with E-state index in [1.165, 1.54) is 5.56 Å². The van der Waals surface area contributed by atoms with Gasteiger partial charge in [0, 0.05) is 25.6 Å². The first-order valence-electron chi connectivity index (χ1n) is 10.5. The van der Waals surface area contributed by atoms with E-state index in [0.29, 0.717) is 38.9 Å². The Morgan fingerprint density at radius 1 is 1.20 bits per heavy atom. The predicted octanol–water partition coefficient (Wildman–Crippen LogP) is 1.43. The molecule has 0 aromatic heterocycles. The number of amides is 3. The zero-order chi connectivity index (χ0) is 22.1. The number of hydrogen-bond donors (Lipinski definition) is 3. The van der Waals surface area contributed by atoms with Crippen LogP contribution in [-0.2, 0) is 20.9 Å².